The van der Waals surface area contributed by atoms with Crippen molar-refractivity contribution in [2.75, 3.05) is 31.6 Å². The molecule has 1 fully saturated rings. The Morgan fingerprint density at radius 1 is 1.45 bits per heavy atom. The molecule has 1 saturated heterocycles. The van der Waals surface area contributed by atoms with Crippen molar-refractivity contribution in [1.29, 1.82) is 5.26 Å². The third-order valence-electron chi connectivity index (χ3n) is 3.90. The van der Waals surface area contributed by atoms with E-state index in [9.17, 15) is 5.26 Å². The number of pyridine rings is 1. The quantitative estimate of drug-likeness (QED) is 0.925. The molecule has 0 saturated carbocycles. The summed E-state index contributed by atoms with van der Waals surface area (Å²) in [5.41, 5.74) is 1.63. The zero-order valence-corrected chi connectivity index (χ0v) is 11.6. The molecule has 102 valence electrons. The number of nitrogens with one attached hydrogen (secondary N) is 1. The fourth-order valence-corrected chi connectivity index (χ4v) is 2.91. The van der Waals surface area contributed by atoms with E-state index in [0.29, 0.717) is 11.5 Å². The third kappa shape index (κ3) is 2.33. The maximum Gasteiger partial charge on any atom is 0.147 e. The molecule has 4 nitrogen and oxygen atoms in total. The van der Waals surface area contributed by atoms with Crippen molar-refractivity contribution in [3.63, 3.8) is 0 Å². The highest BCUT2D eigenvalue weighted by atomic mass is 15.2. The number of rotatable bonds is 3. The van der Waals surface area contributed by atoms with Crippen molar-refractivity contribution in [1.82, 2.24) is 10.3 Å². The summed E-state index contributed by atoms with van der Waals surface area (Å²) in [4.78, 5) is 6.95. The lowest BCUT2D eigenvalue weighted by Gasteiger charge is -2.19. The van der Waals surface area contributed by atoms with Gasteiger partial charge in [0.05, 0.1) is 11.1 Å². The normalized spacial score (nSPS) is 18.4. The first-order valence-electron chi connectivity index (χ1n) is 7.01. The summed E-state index contributed by atoms with van der Waals surface area (Å²) in [7, 11) is 1.98. The second-order valence-electron chi connectivity index (χ2n) is 5.32. The van der Waals surface area contributed by atoms with Gasteiger partial charge in [0.2, 0.25) is 0 Å². The van der Waals surface area contributed by atoms with E-state index < -0.39 is 0 Å². The monoisotopic (exact) mass is 266 g/mol. The molecule has 2 heterocycles. The topological polar surface area (TPSA) is 52.0 Å². The molecule has 0 radical (unpaired) electrons. The molecule has 20 heavy (non-hydrogen) atoms. The molecule has 1 aromatic carbocycles. The smallest absolute Gasteiger partial charge is 0.147 e. The molecule has 0 aliphatic carbocycles. The number of anilines is 1. The summed E-state index contributed by atoms with van der Waals surface area (Å²) in [5, 5.41) is 13.6. The number of nitrogens with zero attached hydrogens (tertiary/aromatic N) is 3. The van der Waals surface area contributed by atoms with Gasteiger partial charge in [-0.1, -0.05) is 18.2 Å². The van der Waals surface area contributed by atoms with Crippen LogP contribution in [0.1, 0.15) is 12.0 Å². The summed E-state index contributed by atoms with van der Waals surface area (Å²) >= 11 is 0. The van der Waals surface area contributed by atoms with Crippen LogP contribution in [-0.2, 0) is 0 Å². The average Bonchev–Trinajstić information content (AvgIpc) is 2.94. The number of fused-ring (bicyclic) bond motifs is 1. The Kier molecular flexibility index (Phi) is 3.53. The van der Waals surface area contributed by atoms with Gasteiger partial charge in [-0.3, -0.25) is 0 Å². The van der Waals surface area contributed by atoms with Crippen LogP contribution in [0.2, 0.25) is 0 Å². The molecule has 3 rings (SSSR count). The van der Waals surface area contributed by atoms with E-state index in [2.05, 4.69) is 16.3 Å². The number of benzene rings is 1. The van der Waals surface area contributed by atoms with Gasteiger partial charge in [-0.05, 0) is 38.1 Å². The van der Waals surface area contributed by atoms with Gasteiger partial charge >= 0.3 is 0 Å². The molecule has 1 N–H and O–H groups in total. The van der Waals surface area contributed by atoms with Crippen LogP contribution < -0.4 is 10.2 Å². The summed E-state index contributed by atoms with van der Waals surface area (Å²) in [6, 6.07) is 12.2. The maximum atomic E-state index is 9.38. The highest BCUT2D eigenvalue weighted by Crippen LogP contribution is 2.27. The zero-order valence-electron chi connectivity index (χ0n) is 11.6. The van der Waals surface area contributed by atoms with Gasteiger partial charge in [-0.25, -0.2) is 4.98 Å². The highest BCUT2D eigenvalue weighted by Gasteiger charge is 2.25. The summed E-state index contributed by atoms with van der Waals surface area (Å²) in [6.45, 7) is 2.97. The van der Waals surface area contributed by atoms with Gasteiger partial charge in [0.1, 0.15) is 11.9 Å². The Hall–Kier alpha value is -2.12. The minimum Gasteiger partial charge on any atom is -0.355 e. The van der Waals surface area contributed by atoms with Crippen molar-refractivity contribution >= 4 is 16.7 Å². The lowest BCUT2D eigenvalue weighted by Crippen LogP contribution is -2.25. The fourth-order valence-electron chi connectivity index (χ4n) is 2.91. The Morgan fingerprint density at radius 3 is 3.10 bits per heavy atom. The molecule has 2 aromatic rings. The number of para-hydroxylation sites is 1. The molecule has 0 bridgehead atoms. The van der Waals surface area contributed by atoms with Crippen LogP contribution in [0.4, 0.5) is 5.82 Å². The van der Waals surface area contributed by atoms with Crippen LogP contribution in [-0.4, -0.2) is 31.7 Å². The standard InChI is InChI=1S/C16H18N4/c1-18-10-12-6-7-20(11-12)16-14(9-17)8-13-4-2-3-5-15(13)19-16/h2-5,8,12,18H,6-7,10-11H2,1H3. The second-order valence-corrected chi connectivity index (χ2v) is 5.32. The van der Waals surface area contributed by atoms with E-state index in [-0.39, 0.29) is 0 Å². The van der Waals surface area contributed by atoms with E-state index >= 15 is 0 Å². The Labute approximate surface area is 119 Å². The summed E-state index contributed by atoms with van der Waals surface area (Å²) in [6.07, 6.45) is 1.15. The van der Waals surface area contributed by atoms with Crippen LogP contribution in [0.25, 0.3) is 10.9 Å². The Bertz CT molecular complexity index is 659. The SMILES string of the molecule is CNCC1CCN(c2nc3ccccc3cc2C#N)C1. The van der Waals surface area contributed by atoms with Crippen molar-refractivity contribution in [3.05, 3.63) is 35.9 Å². The zero-order chi connectivity index (χ0) is 13.9. The van der Waals surface area contributed by atoms with E-state index in [1.54, 1.807) is 0 Å². The van der Waals surface area contributed by atoms with E-state index in [0.717, 1.165) is 42.8 Å². The molecule has 1 unspecified atom stereocenters. The molecular weight excluding hydrogens is 248 g/mol. The minimum absolute atomic E-state index is 0.639. The largest absolute Gasteiger partial charge is 0.355 e. The number of nitriles is 1. The van der Waals surface area contributed by atoms with Crippen LogP contribution in [0.3, 0.4) is 0 Å². The van der Waals surface area contributed by atoms with E-state index in [1.807, 2.05) is 37.4 Å². The van der Waals surface area contributed by atoms with Gasteiger partial charge in [0.15, 0.2) is 0 Å². The molecule has 4 heteroatoms. The first kappa shape index (κ1) is 12.9. The van der Waals surface area contributed by atoms with Crippen LogP contribution in [0.15, 0.2) is 30.3 Å². The molecule has 1 aromatic heterocycles. The molecule has 0 spiro atoms. The van der Waals surface area contributed by atoms with Crippen LogP contribution in [0.5, 0.6) is 0 Å². The number of aromatic nitrogens is 1. The summed E-state index contributed by atoms with van der Waals surface area (Å²) < 4.78 is 0. The van der Waals surface area contributed by atoms with Gasteiger partial charge in [0, 0.05) is 18.5 Å². The van der Waals surface area contributed by atoms with Crippen molar-refractivity contribution in [2.24, 2.45) is 5.92 Å². The third-order valence-corrected chi connectivity index (χ3v) is 3.90. The predicted molar refractivity (Wildman–Crippen MR) is 80.7 cm³/mol. The second kappa shape index (κ2) is 5.48. The highest BCUT2D eigenvalue weighted by molar-refractivity contribution is 5.83. The van der Waals surface area contributed by atoms with Gasteiger partial charge in [-0.2, -0.15) is 5.26 Å². The van der Waals surface area contributed by atoms with Crippen molar-refractivity contribution in [3.8, 4) is 6.07 Å². The van der Waals surface area contributed by atoms with Gasteiger partial charge in [0.25, 0.3) is 0 Å². The van der Waals surface area contributed by atoms with Gasteiger partial charge in [-0.15, -0.1) is 0 Å². The molecule has 1 aliphatic rings. The lowest BCUT2D eigenvalue weighted by atomic mass is 10.1. The average molecular weight is 266 g/mol. The maximum absolute atomic E-state index is 9.38. The Morgan fingerprint density at radius 2 is 2.30 bits per heavy atom. The first-order chi connectivity index (χ1) is 9.81. The van der Waals surface area contributed by atoms with Crippen molar-refractivity contribution < 1.29 is 0 Å². The van der Waals surface area contributed by atoms with Crippen LogP contribution in [0, 0.1) is 17.2 Å². The number of hydrogen-bond acceptors (Lipinski definition) is 4. The minimum atomic E-state index is 0.639. The number of hydrogen-bond donors (Lipinski definition) is 1. The van der Waals surface area contributed by atoms with Crippen molar-refractivity contribution in [2.45, 2.75) is 6.42 Å². The molecular formula is C16H18N4. The fraction of sp³-hybridized carbons (Fsp3) is 0.375. The molecule has 0 amide bonds. The predicted octanol–water partition coefficient (Wildman–Crippen LogP) is 2.15. The van der Waals surface area contributed by atoms with E-state index in [4.69, 9.17) is 4.98 Å². The molecule has 1 atom stereocenters. The van der Waals surface area contributed by atoms with E-state index in [1.165, 1.54) is 0 Å². The molecule has 1 aliphatic heterocycles. The lowest BCUT2D eigenvalue weighted by molar-refractivity contribution is 0.549. The summed E-state index contributed by atoms with van der Waals surface area (Å²) in [5.74, 6) is 1.48. The first-order valence-corrected chi connectivity index (χ1v) is 7.01. The Balaban J connectivity index is 1.97. The van der Waals surface area contributed by atoms with Gasteiger partial charge < -0.3 is 10.2 Å². The van der Waals surface area contributed by atoms with Crippen LogP contribution >= 0.6 is 0 Å².